The van der Waals surface area contributed by atoms with Crippen LogP contribution in [0, 0.1) is 5.92 Å². The van der Waals surface area contributed by atoms with E-state index in [-0.39, 0.29) is 30.2 Å². The maximum Gasteiger partial charge on any atom is 0.409 e. The number of nitrogens with zero attached hydrogens (tertiary/aromatic N) is 1. The molecule has 120 valence electrons. The molecule has 21 heavy (non-hydrogen) atoms. The molecule has 6 heteroatoms. The van der Waals surface area contributed by atoms with Crippen LogP contribution in [-0.2, 0) is 19.0 Å². The topological polar surface area (TPSA) is 65.1 Å². The molecule has 1 amide bonds. The summed E-state index contributed by atoms with van der Waals surface area (Å²) < 4.78 is 15.9. The summed E-state index contributed by atoms with van der Waals surface area (Å²) in [6.07, 6.45) is 3.82. The minimum atomic E-state index is -0.359. The largest absolute Gasteiger partial charge is 0.460 e. The molecule has 2 rings (SSSR count). The number of rotatable bonds is 4. The minimum Gasteiger partial charge on any atom is -0.460 e. The molecule has 2 aliphatic rings. The fraction of sp³-hybridized carbons (Fsp3) is 0.867. The van der Waals surface area contributed by atoms with Crippen LogP contribution in [0.3, 0.4) is 0 Å². The van der Waals surface area contributed by atoms with Gasteiger partial charge in [-0.05, 0) is 19.3 Å². The highest BCUT2D eigenvalue weighted by atomic mass is 16.6. The van der Waals surface area contributed by atoms with Crippen molar-refractivity contribution in [1.82, 2.24) is 4.90 Å². The maximum absolute atomic E-state index is 12.2. The molecule has 0 aliphatic carbocycles. The highest BCUT2D eigenvalue weighted by molar-refractivity contribution is 5.73. The van der Waals surface area contributed by atoms with Gasteiger partial charge in [0, 0.05) is 19.6 Å². The third kappa shape index (κ3) is 4.33. The van der Waals surface area contributed by atoms with E-state index in [1.54, 1.807) is 4.90 Å². The third-order valence-corrected chi connectivity index (χ3v) is 4.17. The van der Waals surface area contributed by atoms with E-state index < -0.39 is 0 Å². The molecule has 2 fully saturated rings. The third-order valence-electron chi connectivity index (χ3n) is 4.17. The van der Waals surface area contributed by atoms with Crippen LogP contribution in [0.25, 0.3) is 0 Å². The molecule has 0 aromatic rings. The second kappa shape index (κ2) is 7.64. The summed E-state index contributed by atoms with van der Waals surface area (Å²) in [5, 5.41) is 0. The van der Waals surface area contributed by atoms with E-state index in [9.17, 15) is 9.59 Å². The molecular weight excluding hydrogens is 274 g/mol. The molecular formula is C15H25NO5. The lowest BCUT2D eigenvalue weighted by Crippen LogP contribution is -2.34. The molecule has 0 aromatic heterocycles. The van der Waals surface area contributed by atoms with E-state index in [0.717, 1.165) is 25.7 Å². The van der Waals surface area contributed by atoms with E-state index in [0.29, 0.717) is 26.1 Å². The zero-order valence-corrected chi connectivity index (χ0v) is 12.9. The predicted molar refractivity (Wildman–Crippen MR) is 75.8 cm³/mol. The van der Waals surface area contributed by atoms with Crippen molar-refractivity contribution in [1.29, 1.82) is 0 Å². The molecule has 3 atom stereocenters. The fourth-order valence-electron chi connectivity index (χ4n) is 3.00. The van der Waals surface area contributed by atoms with Crippen LogP contribution in [-0.4, -0.2) is 56.0 Å². The zero-order chi connectivity index (χ0) is 15.2. The Hall–Kier alpha value is -1.30. The number of likely N-dealkylation sites (tertiary alicyclic amines) is 1. The van der Waals surface area contributed by atoms with Crippen molar-refractivity contribution in [2.75, 3.05) is 26.8 Å². The van der Waals surface area contributed by atoms with Crippen LogP contribution < -0.4 is 0 Å². The summed E-state index contributed by atoms with van der Waals surface area (Å²) in [4.78, 5) is 25.2. The van der Waals surface area contributed by atoms with Crippen molar-refractivity contribution in [2.45, 2.75) is 51.2 Å². The van der Waals surface area contributed by atoms with Crippen molar-refractivity contribution in [3.05, 3.63) is 0 Å². The number of methoxy groups -OCH3 is 1. The molecule has 2 saturated heterocycles. The Balaban J connectivity index is 1.78. The van der Waals surface area contributed by atoms with Gasteiger partial charge in [-0.3, -0.25) is 4.79 Å². The highest BCUT2D eigenvalue weighted by Gasteiger charge is 2.33. The molecule has 0 saturated carbocycles. The molecule has 2 aliphatic heterocycles. The number of ether oxygens (including phenoxy) is 3. The van der Waals surface area contributed by atoms with Crippen LogP contribution in [0.5, 0.6) is 0 Å². The maximum atomic E-state index is 12.2. The van der Waals surface area contributed by atoms with Crippen LogP contribution in [0.2, 0.25) is 0 Å². The lowest BCUT2D eigenvalue weighted by molar-refractivity contribution is -0.158. The number of carbonyl (C=O) groups is 2. The first-order chi connectivity index (χ1) is 10.1. The lowest BCUT2D eigenvalue weighted by atomic mass is 9.93. The average molecular weight is 299 g/mol. The Morgan fingerprint density at radius 3 is 2.86 bits per heavy atom. The van der Waals surface area contributed by atoms with Crippen molar-refractivity contribution < 1.29 is 23.8 Å². The summed E-state index contributed by atoms with van der Waals surface area (Å²) in [5.41, 5.74) is 0. The van der Waals surface area contributed by atoms with Gasteiger partial charge in [0.2, 0.25) is 0 Å². The number of hydrogen-bond donors (Lipinski definition) is 0. The zero-order valence-electron chi connectivity index (χ0n) is 12.9. The van der Waals surface area contributed by atoms with Crippen molar-refractivity contribution in [3.63, 3.8) is 0 Å². The van der Waals surface area contributed by atoms with Crippen molar-refractivity contribution in [3.8, 4) is 0 Å². The van der Waals surface area contributed by atoms with Gasteiger partial charge in [0.05, 0.1) is 25.7 Å². The predicted octanol–water partition coefficient (Wildman–Crippen LogP) is 1.97. The summed E-state index contributed by atoms with van der Waals surface area (Å²) in [6, 6.07) is 0. The van der Waals surface area contributed by atoms with E-state index in [2.05, 4.69) is 11.7 Å². The molecule has 0 aromatic carbocycles. The van der Waals surface area contributed by atoms with Crippen LogP contribution in [0.15, 0.2) is 0 Å². The Kier molecular flexibility index (Phi) is 5.85. The van der Waals surface area contributed by atoms with Gasteiger partial charge in [-0.1, -0.05) is 13.3 Å². The molecule has 3 unspecified atom stereocenters. The molecule has 0 radical (unpaired) electrons. The number of hydrogen-bond acceptors (Lipinski definition) is 5. The number of esters is 1. The second-order valence-electron chi connectivity index (χ2n) is 5.77. The normalized spacial score (nSPS) is 29.2. The standard InChI is InChI=1S/C15H25NO5/c1-3-4-12-9-11(6-8-20-12)14(17)21-13-5-7-16(10-13)15(18)19-2/h11-13H,3-10H2,1-2H3. The Labute approximate surface area is 125 Å². The Bertz CT molecular complexity index is 371. The first-order valence-electron chi connectivity index (χ1n) is 7.79. The lowest BCUT2D eigenvalue weighted by Gasteiger charge is -2.28. The van der Waals surface area contributed by atoms with Gasteiger partial charge in [0.25, 0.3) is 0 Å². The summed E-state index contributed by atoms with van der Waals surface area (Å²) in [6.45, 7) is 3.76. The molecule has 0 bridgehead atoms. The quantitative estimate of drug-likeness (QED) is 0.743. The van der Waals surface area contributed by atoms with Gasteiger partial charge in [-0.2, -0.15) is 0 Å². The summed E-state index contributed by atoms with van der Waals surface area (Å²) >= 11 is 0. The van der Waals surface area contributed by atoms with E-state index in [4.69, 9.17) is 9.47 Å². The smallest absolute Gasteiger partial charge is 0.409 e. The van der Waals surface area contributed by atoms with Gasteiger partial charge in [-0.25, -0.2) is 4.79 Å². The average Bonchev–Trinajstić information content (AvgIpc) is 2.95. The SMILES string of the molecule is CCCC1CC(C(=O)OC2CCN(C(=O)OC)C2)CCO1. The highest BCUT2D eigenvalue weighted by Crippen LogP contribution is 2.25. The Morgan fingerprint density at radius 2 is 2.14 bits per heavy atom. The first-order valence-corrected chi connectivity index (χ1v) is 7.79. The van der Waals surface area contributed by atoms with Gasteiger partial charge in [0.15, 0.2) is 0 Å². The molecule has 0 N–H and O–H groups in total. The molecule has 2 heterocycles. The second-order valence-corrected chi connectivity index (χ2v) is 5.77. The Morgan fingerprint density at radius 1 is 1.33 bits per heavy atom. The van der Waals surface area contributed by atoms with E-state index >= 15 is 0 Å². The van der Waals surface area contributed by atoms with Crippen LogP contribution in [0.1, 0.15) is 39.0 Å². The van der Waals surface area contributed by atoms with E-state index in [1.807, 2.05) is 0 Å². The van der Waals surface area contributed by atoms with Crippen molar-refractivity contribution >= 4 is 12.1 Å². The van der Waals surface area contributed by atoms with Crippen LogP contribution >= 0.6 is 0 Å². The summed E-state index contributed by atoms with van der Waals surface area (Å²) in [5.74, 6) is -0.210. The number of carbonyl (C=O) groups excluding carboxylic acids is 2. The molecule has 0 spiro atoms. The van der Waals surface area contributed by atoms with Gasteiger partial charge >= 0.3 is 12.1 Å². The summed E-state index contributed by atoms with van der Waals surface area (Å²) in [7, 11) is 1.36. The molecule has 6 nitrogen and oxygen atoms in total. The van der Waals surface area contributed by atoms with Crippen LogP contribution in [0.4, 0.5) is 4.79 Å². The van der Waals surface area contributed by atoms with Gasteiger partial charge in [0.1, 0.15) is 6.10 Å². The number of amides is 1. The monoisotopic (exact) mass is 299 g/mol. The van der Waals surface area contributed by atoms with Gasteiger partial charge in [-0.15, -0.1) is 0 Å². The minimum absolute atomic E-state index is 0.0672. The van der Waals surface area contributed by atoms with Gasteiger partial charge < -0.3 is 19.1 Å². The fourth-order valence-corrected chi connectivity index (χ4v) is 3.00. The van der Waals surface area contributed by atoms with E-state index in [1.165, 1.54) is 7.11 Å². The first kappa shape index (κ1) is 16.1. The van der Waals surface area contributed by atoms with Crippen molar-refractivity contribution in [2.24, 2.45) is 5.92 Å².